The average molecular weight is 155 g/mol. The zero-order valence-corrected chi connectivity index (χ0v) is 6.11. The molecule has 60 valence electrons. The number of aromatic nitrogens is 4. The van der Waals surface area contributed by atoms with Crippen LogP contribution in [-0.2, 0) is 11.2 Å². The molecule has 6 heteroatoms. The summed E-state index contributed by atoms with van der Waals surface area (Å²) in [5, 5.41) is 13.0. The Labute approximate surface area is 63.2 Å². The number of amides is 1. The van der Waals surface area contributed by atoms with Gasteiger partial charge in [-0.25, -0.2) is 0 Å². The minimum atomic E-state index is -0.352. The monoisotopic (exact) mass is 155 g/mol. The van der Waals surface area contributed by atoms with Crippen LogP contribution in [0.1, 0.15) is 12.7 Å². The minimum Gasteiger partial charge on any atom is -0.369 e. The van der Waals surface area contributed by atoms with Gasteiger partial charge in [-0.15, -0.1) is 10.2 Å². The van der Waals surface area contributed by atoms with E-state index in [1.807, 2.05) is 0 Å². The van der Waals surface area contributed by atoms with E-state index in [1.54, 1.807) is 6.92 Å². The topological polar surface area (TPSA) is 97.6 Å². The van der Waals surface area contributed by atoms with E-state index in [9.17, 15) is 4.79 Å². The van der Waals surface area contributed by atoms with Gasteiger partial charge in [0, 0.05) is 12.3 Å². The molecule has 1 atom stereocenters. The van der Waals surface area contributed by atoms with Crippen molar-refractivity contribution in [1.82, 2.24) is 20.6 Å². The van der Waals surface area contributed by atoms with Crippen molar-refractivity contribution in [2.45, 2.75) is 13.3 Å². The van der Waals surface area contributed by atoms with Crippen LogP contribution < -0.4 is 5.73 Å². The van der Waals surface area contributed by atoms with Gasteiger partial charge in [-0.2, -0.15) is 5.21 Å². The largest absolute Gasteiger partial charge is 0.369 e. The fraction of sp³-hybridized carbons (Fsp3) is 0.600. The van der Waals surface area contributed by atoms with Crippen molar-refractivity contribution < 1.29 is 4.79 Å². The minimum absolute atomic E-state index is 0.243. The van der Waals surface area contributed by atoms with Crippen molar-refractivity contribution in [2.24, 2.45) is 11.7 Å². The molecule has 0 saturated carbocycles. The predicted molar refractivity (Wildman–Crippen MR) is 36.2 cm³/mol. The molecule has 0 fully saturated rings. The van der Waals surface area contributed by atoms with E-state index in [0.29, 0.717) is 12.2 Å². The molecule has 0 aromatic carbocycles. The first-order valence-corrected chi connectivity index (χ1v) is 3.22. The summed E-state index contributed by atoms with van der Waals surface area (Å²) in [7, 11) is 0. The molecule has 1 aromatic heterocycles. The summed E-state index contributed by atoms with van der Waals surface area (Å²) in [6, 6.07) is 0. The maximum atomic E-state index is 10.6. The van der Waals surface area contributed by atoms with Crippen LogP contribution in [0.15, 0.2) is 0 Å². The average Bonchev–Trinajstić information content (AvgIpc) is 2.39. The smallest absolute Gasteiger partial charge is 0.220 e. The molecular weight excluding hydrogens is 146 g/mol. The highest BCUT2D eigenvalue weighted by atomic mass is 16.1. The zero-order chi connectivity index (χ0) is 8.27. The first-order chi connectivity index (χ1) is 5.20. The van der Waals surface area contributed by atoms with Gasteiger partial charge in [0.1, 0.15) is 0 Å². The van der Waals surface area contributed by atoms with Crippen LogP contribution in [0.3, 0.4) is 0 Å². The van der Waals surface area contributed by atoms with Gasteiger partial charge < -0.3 is 5.73 Å². The molecule has 0 aliphatic heterocycles. The molecule has 1 aromatic rings. The van der Waals surface area contributed by atoms with Crippen molar-refractivity contribution >= 4 is 5.91 Å². The second-order valence-corrected chi connectivity index (χ2v) is 2.34. The summed E-state index contributed by atoms with van der Waals surface area (Å²) in [6.45, 7) is 1.72. The Morgan fingerprint density at radius 3 is 3.00 bits per heavy atom. The number of primary amides is 1. The Bertz CT molecular complexity index is 231. The summed E-state index contributed by atoms with van der Waals surface area (Å²) >= 11 is 0. The Morgan fingerprint density at radius 1 is 1.82 bits per heavy atom. The lowest BCUT2D eigenvalue weighted by Gasteiger charge is -2.00. The maximum Gasteiger partial charge on any atom is 0.220 e. The van der Waals surface area contributed by atoms with E-state index in [4.69, 9.17) is 5.73 Å². The van der Waals surface area contributed by atoms with Crippen molar-refractivity contribution in [3.63, 3.8) is 0 Å². The molecule has 0 aliphatic rings. The number of hydrogen-bond acceptors (Lipinski definition) is 4. The molecule has 0 saturated heterocycles. The molecule has 1 rings (SSSR count). The number of rotatable bonds is 3. The number of hydrogen-bond donors (Lipinski definition) is 2. The van der Waals surface area contributed by atoms with Crippen LogP contribution in [0.4, 0.5) is 0 Å². The van der Waals surface area contributed by atoms with E-state index >= 15 is 0 Å². The van der Waals surface area contributed by atoms with E-state index < -0.39 is 0 Å². The summed E-state index contributed by atoms with van der Waals surface area (Å²) in [6.07, 6.45) is 0.436. The van der Waals surface area contributed by atoms with Gasteiger partial charge in [0.05, 0.1) is 0 Å². The Hall–Kier alpha value is -1.46. The summed E-state index contributed by atoms with van der Waals surface area (Å²) in [5.74, 6) is -0.0845. The number of carbonyl (C=O) groups is 1. The van der Waals surface area contributed by atoms with E-state index in [-0.39, 0.29) is 11.8 Å². The van der Waals surface area contributed by atoms with Crippen LogP contribution in [0, 0.1) is 5.92 Å². The third kappa shape index (κ3) is 1.99. The Morgan fingerprint density at radius 2 is 2.55 bits per heavy atom. The van der Waals surface area contributed by atoms with Gasteiger partial charge in [-0.3, -0.25) is 4.79 Å². The molecule has 0 bridgehead atoms. The molecular formula is C5H9N5O. The molecule has 1 unspecified atom stereocenters. The van der Waals surface area contributed by atoms with E-state index in [2.05, 4.69) is 20.6 Å². The van der Waals surface area contributed by atoms with Crippen molar-refractivity contribution in [3.8, 4) is 0 Å². The molecule has 1 heterocycles. The summed E-state index contributed by atoms with van der Waals surface area (Å²) in [5.41, 5.74) is 5.03. The number of nitrogens with zero attached hydrogens (tertiary/aromatic N) is 3. The van der Waals surface area contributed by atoms with Gasteiger partial charge in [-0.05, 0) is 0 Å². The number of tetrazole rings is 1. The third-order valence-corrected chi connectivity index (χ3v) is 1.36. The van der Waals surface area contributed by atoms with Gasteiger partial charge >= 0.3 is 0 Å². The van der Waals surface area contributed by atoms with Crippen LogP contribution in [0.2, 0.25) is 0 Å². The van der Waals surface area contributed by atoms with Crippen LogP contribution in [0.5, 0.6) is 0 Å². The van der Waals surface area contributed by atoms with Gasteiger partial charge in [-0.1, -0.05) is 12.1 Å². The maximum absolute atomic E-state index is 10.6. The number of aromatic amines is 1. The SMILES string of the molecule is CC(Cc1nn[nH]n1)C(N)=O. The highest BCUT2D eigenvalue weighted by Crippen LogP contribution is 1.99. The fourth-order valence-electron chi connectivity index (χ4n) is 0.643. The lowest BCUT2D eigenvalue weighted by molar-refractivity contribution is -0.121. The van der Waals surface area contributed by atoms with Crippen LogP contribution >= 0.6 is 0 Å². The highest BCUT2D eigenvalue weighted by molar-refractivity contribution is 5.76. The van der Waals surface area contributed by atoms with Crippen molar-refractivity contribution in [2.75, 3.05) is 0 Å². The number of carbonyl (C=O) groups excluding carboxylic acids is 1. The van der Waals surface area contributed by atoms with Crippen LogP contribution in [-0.4, -0.2) is 26.5 Å². The molecule has 3 N–H and O–H groups in total. The molecule has 0 radical (unpaired) electrons. The highest BCUT2D eigenvalue weighted by Gasteiger charge is 2.11. The van der Waals surface area contributed by atoms with Crippen molar-refractivity contribution in [1.29, 1.82) is 0 Å². The van der Waals surface area contributed by atoms with Gasteiger partial charge in [0.2, 0.25) is 5.91 Å². The lowest BCUT2D eigenvalue weighted by atomic mass is 10.1. The normalized spacial score (nSPS) is 12.8. The van der Waals surface area contributed by atoms with Crippen LogP contribution in [0.25, 0.3) is 0 Å². The summed E-state index contributed by atoms with van der Waals surface area (Å²) in [4.78, 5) is 10.6. The fourth-order valence-corrected chi connectivity index (χ4v) is 0.643. The number of H-pyrrole nitrogens is 1. The van der Waals surface area contributed by atoms with Gasteiger partial charge in [0.15, 0.2) is 5.82 Å². The number of nitrogens with one attached hydrogen (secondary N) is 1. The quantitative estimate of drug-likeness (QED) is 0.576. The van der Waals surface area contributed by atoms with Crippen molar-refractivity contribution in [3.05, 3.63) is 5.82 Å². The Balaban J connectivity index is 2.50. The summed E-state index contributed by atoms with van der Waals surface area (Å²) < 4.78 is 0. The molecule has 0 spiro atoms. The first kappa shape index (κ1) is 7.64. The molecule has 0 aliphatic carbocycles. The van der Waals surface area contributed by atoms with E-state index in [1.165, 1.54) is 0 Å². The Kier molecular flexibility index (Phi) is 2.15. The molecule has 11 heavy (non-hydrogen) atoms. The molecule has 6 nitrogen and oxygen atoms in total. The standard InChI is InChI=1S/C5H9N5O/c1-3(5(6)11)2-4-7-9-10-8-4/h3H,2H2,1H3,(H2,6,11)(H,7,8,9,10). The lowest BCUT2D eigenvalue weighted by Crippen LogP contribution is -2.22. The number of nitrogens with two attached hydrogens (primary N) is 1. The first-order valence-electron chi connectivity index (χ1n) is 3.22. The second-order valence-electron chi connectivity index (χ2n) is 2.34. The van der Waals surface area contributed by atoms with E-state index in [0.717, 1.165) is 0 Å². The zero-order valence-electron chi connectivity index (χ0n) is 6.11. The van der Waals surface area contributed by atoms with Gasteiger partial charge in [0.25, 0.3) is 0 Å². The third-order valence-electron chi connectivity index (χ3n) is 1.36. The molecule has 1 amide bonds. The second kappa shape index (κ2) is 3.09. The predicted octanol–water partition coefficient (Wildman–Crippen LogP) is -1.14.